The van der Waals surface area contributed by atoms with Crippen molar-refractivity contribution < 1.29 is 29.3 Å². The van der Waals surface area contributed by atoms with Gasteiger partial charge in [0.25, 0.3) is 0 Å². The number of carbonyl (C=O) groups excluding carboxylic acids is 2. The number of likely N-dealkylation sites (tertiary alicyclic amines) is 1. The second kappa shape index (κ2) is 13.9. The molecule has 5 N–H and O–H groups in total. The first-order valence-corrected chi connectivity index (χ1v) is 14.9. The molecule has 1 saturated heterocycles. The number of amides is 2. The molecule has 2 aromatic carbocycles. The van der Waals surface area contributed by atoms with Crippen molar-refractivity contribution in [2.24, 2.45) is 17.6 Å². The van der Waals surface area contributed by atoms with Crippen molar-refractivity contribution in [1.29, 1.82) is 0 Å². The third kappa shape index (κ3) is 7.33. The van der Waals surface area contributed by atoms with Gasteiger partial charge in [-0.2, -0.15) is 0 Å². The molecule has 0 unspecified atom stereocenters. The number of methoxy groups -OCH3 is 1. The summed E-state index contributed by atoms with van der Waals surface area (Å²) in [5.41, 5.74) is 6.24. The summed E-state index contributed by atoms with van der Waals surface area (Å²) in [6, 6.07) is 12.7. The molecule has 9 nitrogen and oxygen atoms in total. The van der Waals surface area contributed by atoms with Gasteiger partial charge in [0.05, 0.1) is 23.8 Å². The van der Waals surface area contributed by atoms with Gasteiger partial charge < -0.3 is 35.6 Å². The minimum Gasteiger partial charge on any atom is -0.455 e. The number of rotatable bonds is 10. The Morgan fingerprint density at radius 2 is 2.00 bits per heavy atom. The van der Waals surface area contributed by atoms with E-state index in [9.17, 15) is 19.8 Å². The Morgan fingerprint density at radius 3 is 2.71 bits per heavy atom. The molecule has 0 bridgehead atoms. The molecule has 1 aliphatic carbocycles. The van der Waals surface area contributed by atoms with Gasteiger partial charge in [-0.3, -0.25) is 4.79 Å². The quantitative estimate of drug-likeness (QED) is 0.303. The number of nitrogens with one attached hydrogen (secondary N) is 1. The Hall–Kier alpha value is -2.85. The van der Waals surface area contributed by atoms with Crippen molar-refractivity contribution >= 4 is 23.6 Å². The first-order chi connectivity index (χ1) is 19.7. The molecule has 1 saturated carbocycles. The Morgan fingerprint density at radius 1 is 1.22 bits per heavy atom. The van der Waals surface area contributed by atoms with Gasteiger partial charge in [-0.15, -0.1) is 0 Å². The fourth-order valence-electron chi connectivity index (χ4n) is 6.15. The standard InChI is InChI=1S/C31H42ClN3O6/c1-3-20-8-4-10-23(16-20)41-28-24(11-5-12-25(28)32)31(39,13-7-14-34-30(38)40-2)22-9-6-15-35(19-22)29(37)21-17-26(33)27(36)18-21/h4-5,8,10-12,16,21-22,26-27,36,39H,3,6-7,9,13-15,17-19,33H2,1-2H3,(H,34,38)/t21-,22+,26+,27-,31-/m0/s1. The Bertz CT molecular complexity index is 1200. The van der Waals surface area contributed by atoms with Crippen molar-refractivity contribution in [2.45, 2.75) is 69.6 Å². The van der Waals surface area contributed by atoms with Crippen LogP contribution in [0.5, 0.6) is 11.5 Å². The molecule has 2 aromatic rings. The van der Waals surface area contributed by atoms with Crippen LogP contribution in [0.15, 0.2) is 42.5 Å². The summed E-state index contributed by atoms with van der Waals surface area (Å²) in [6.45, 7) is 3.30. The van der Waals surface area contributed by atoms with Crippen molar-refractivity contribution in [1.82, 2.24) is 10.2 Å². The molecule has 2 fully saturated rings. The number of nitrogens with two attached hydrogens (primary N) is 1. The van der Waals surface area contributed by atoms with E-state index < -0.39 is 23.8 Å². The molecule has 0 aromatic heterocycles. The lowest BCUT2D eigenvalue weighted by Crippen LogP contribution is -2.49. The summed E-state index contributed by atoms with van der Waals surface area (Å²) in [6.07, 6.45) is 2.59. The number of ether oxygens (including phenoxy) is 2. The highest BCUT2D eigenvalue weighted by molar-refractivity contribution is 6.32. The highest BCUT2D eigenvalue weighted by Crippen LogP contribution is 2.47. The van der Waals surface area contributed by atoms with Gasteiger partial charge >= 0.3 is 6.09 Å². The number of hydrogen-bond acceptors (Lipinski definition) is 7. The van der Waals surface area contributed by atoms with Gasteiger partial charge in [0, 0.05) is 43.1 Å². The van der Waals surface area contributed by atoms with Gasteiger partial charge in [0.2, 0.25) is 5.91 Å². The van der Waals surface area contributed by atoms with E-state index in [0.29, 0.717) is 73.8 Å². The van der Waals surface area contributed by atoms with Crippen LogP contribution in [0, 0.1) is 11.8 Å². The molecule has 224 valence electrons. The van der Waals surface area contributed by atoms with Crippen LogP contribution in [0.3, 0.4) is 0 Å². The van der Waals surface area contributed by atoms with Crippen LogP contribution in [-0.2, 0) is 21.6 Å². The molecule has 2 amide bonds. The van der Waals surface area contributed by atoms with Crippen molar-refractivity contribution in [2.75, 3.05) is 26.7 Å². The SMILES string of the molecule is CCc1cccc(Oc2c(Cl)cccc2[C@](O)(CCCNC(=O)OC)[C@@H]2CCCN(C(=O)[C@H]3C[C@@H](N)[C@@H](O)C3)C2)c1. The van der Waals surface area contributed by atoms with Crippen molar-refractivity contribution in [3.63, 3.8) is 0 Å². The number of para-hydroxylation sites is 1. The molecule has 1 heterocycles. The van der Waals surface area contributed by atoms with E-state index in [-0.39, 0.29) is 17.7 Å². The third-order valence-corrected chi connectivity index (χ3v) is 8.78. The largest absolute Gasteiger partial charge is 0.455 e. The molecule has 0 radical (unpaired) electrons. The number of aryl methyl sites for hydroxylation is 1. The summed E-state index contributed by atoms with van der Waals surface area (Å²) >= 11 is 6.70. The Balaban J connectivity index is 1.64. The minimum atomic E-state index is -1.41. The normalized spacial score (nSPS) is 24.0. The number of alkyl carbamates (subject to hydrolysis) is 1. The number of aliphatic hydroxyl groups excluding tert-OH is 1. The van der Waals surface area contributed by atoms with Crippen LogP contribution in [0.2, 0.25) is 5.02 Å². The number of halogens is 1. The average Bonchev–Trinajstić information content (AvgIpc) is 3.33. The fourth-order valence-corrected chi connectivity index (χ4v) is 6.37. The molecule has 4 rings (SSSR count). The molecular weight excluding hydrogens is 546 g/mol. The first-order valence-electron chi connectivity index (χ1n) is 14.5. The fraction of sp³-hybridized carbons (Fsp3) is 0.548. The topological polar surface area (TPSA) is 134 Å². The second-order valence-corrected chi connectivity index (χ2v) is 11.6. The highest BCUT2D eigenvalue weighted by Gasteiger charge is 2.45. The maximum absolute atomic E-state index is 13.5. The zero-order valence-corrected chi connectivity index (χ0v) is 24.6. The number of hydrogen-bond donors (Lipinski definition) is 4. The predicted molar refractivity (Wildman–Crippen MR) is 157 cm³/mol. The third-order valence-electron chi connectivity index (χ3n) is 8.48. The van der Waals surface area contributed by atoms with Gasteiger partial charge in [-0.1, -0.05) is 42.8 Å². The zero-order chi connectivity index (χ0) is 29.6. The molecule has 10 heteroatoms. The molecule has 41 heavy (non-hydrogen) atoms. The van der Waals surface area contributed by atoms with Crippen LogP contribution < -0.4 is 15.8 Å². The highest BCUT2D eigenvalue weighted by atomic mass is 35.5. The Labute approximate surface area is 247 Å². The van der Waals surface area contributed by atoms with E-state index in [2.05, 4.69) is 17.0 Å². The molecule has 5 atom stereocenters. The first kappa shape index (κ1) is 31.1. The molecule has 0 spiro atoms. The van der Waals surface area contributed by atoms with Gasteiger partial charge in [0.1, 0.15) is 5.75 Å². The Kier molecular flexibility index (Phi) is 10.5. The maximum Gasteiger partial charge on any atom is 0.406 e. The second-order valence-electron chi connectivity index (χ2n) is 11.2. The number of piperidine rings is 1. The average molecular weight is 588 g/mol. The predicted octanol–water partition coefficient (Wildman–Crippen LogP) is 4.36. The van der Waals surface area contributed by atoms with E-state index in [1.807, 2.05) is 30.3 Å². The van der Waals surface area contributed by atoms with E-state index in [1.165, 1.54) is 7.11 Å². The van der Waals surface area contributed by atoms with Gasteiger partial charge in [-0.05, 0) is 68.7 Å². The number of aliphatic hydroxyl groups is 2. The van der Waals surface area contributed by atoms with E-state index >= 15 is 0 Å². The minimum absolute atomic E-state index is 0.0321. The van der Waals surface area contributed by atoms with Crippen LogP contribution in [0.25, 0.3) is 0 Å². The van der Waals surface area contributed by atoms with E-state index in [4.69, 9.17) is 22.1 Å². The van der Waals surface area contributed by atoms with Crippen molar-refractivity contribution in [3.8, 4) is 11.5 Å². The zero-order valence-electron chi connectivity index (χ0n) is 23.9. The van der Waals surface area contributed by atoms with Crippen LogP contribution in [-0.4, -0.2) is 66.0 Å². The smallest absolute Gasteiger partial charge is 0.406 e. The summed E-state index contributed by atoms with van der Waals surface area (Å²) in [4.78, 5) is 26.9. The molecular formula is C31H42ClN3O6. The summed E-state index contributed by atoms with van der Waals surface area (Å²) in [7, 11) is 1.30. The van der Waals surface area contributed by atoms with Crippen molar-refractivity contribution in [3.05, 3.63) is 58.6 Å². The maximum atomic E-state index is 13.5. The van der Waals surface area contributed by atoms with Gasteiger partial charge in [-0.25, -0.2) is 4.79 Å². The molecule has 2 aliphatic rings. The summed E-state index contributed by atoms with van der Waals surface area (Å²) in [5.74, 6) is 0.313. The van der Waals surface area contributed by atoms with Gasteiger partial charge in [0.15, 0.2) is 5.75 Å². The van der Waals surface area contributed by atoms with E-state index in [1.54, 1.807) is 17.0 Å². The van der Waals surface area contributed by atoms with Crippen LogP contribution >= 0.6 is 11.6 Å². The van der Waals surface area contributed by atoms with Crippen LogP contribution in [0.4, 0.5) is 4.79 Å². The van der Waals surface area contributed by atoms with E-state index in [0.717, 1.165) is 18.4 Å². The summed E-state index contributed by atoms with van der Waals surface area (Å²) in [5, 5.41) is 25.8. The lowest BCUT2D eigenvalue weighted by Gasteiger charge is -2.44. The summed E-state index contributed by atoms with van der Waals surface area (Å²) < 4.78 is 11.0. The lowest BCUT2D eigenvalue weighted by atomic mass is 9.73. The molecule has 1 aliphatic heterocycles. The lowest BCUT2D eigenvalue weighted by molar-refractivity contribution is -0.141. The van der Waals surface area contributed by atoms with Crippen LogP contribution in [0.1, 0.15) is 56.6 Å². The monoisotopic (exact) mass is 587 g/mol. The number of benzene rings is 2. The number of carbonyl (C=O) groups is 2. The number of nitrogens with zero attached hydrogens (tertiary/aromatic N) is 1.